The predicted molar refractivity (Wildman–Crippen MR) is 117 cm³/mol. The third-order valence-electron chi connectivity index (χ3n) is 5.80. The molecule has 2 heterocycles. The smallest absolute Gasteiger partial charge is 0.258 e. The maximum absolute atomic E-state index is 13.7. The Bertz CT molecular complexity index is 1340. The minimum Gasteiger partial charge on any atom is -0.331 e. The quantitative estimate of drug-likeness (QED) is 0.569. The first-order valence-electron chi connectivity index (χ1n) is 10.3. The van der Waals surface area contributed by atoms with Crippen molar-refractivity contribution in [2.45, 2.75) is 32.7 Å². The topological polar surface area (TPSA) is 79.0 Å². The van der Waals surface area contributed by atoms with Gasteiger partial charge >= 0.3 is 0 Å². The minimum absolute atomic E-state index is 0.0370. The molecule has 2 aromatic carbocycles. The van der Waals surface area contributed by atoms with Crippen LogP contribution in [0.2, 0.25) is 0 Å². The maximum atomic E-state index is 13.7. The minimum atomic E-state index is -0.186. The molecule has 1 amide bonds. The number of nitrogens with one attached hydrogen (secondary N) is 1. The summed E-state index contributed by atoms with van der Waals surface area (Å²) in [5.41, 5.74) is 4.15. The van der Waals surface area contributed by atoms with E-state index >= 15 is 0 Å². The van der Waals surface area contributed by atoms with Gasteiger partial charge in [-0.25, -0.2) is 4.98 Å². The molecule has 2 aromatic heterocycles. The van der Waals surface area contributed by atoms with Gasteiger partial charge in [0.05, 0.1) is 28.5 Å². The molecule has 1 aliphatic carbocycles. The predicted octanol–water partition coefficient (Wildman–Crippen LogP) is 3.62. The van der Waals surface area contributed by atoms with Crippen LogP contribution in [-0.4, -0.2) is 32.3 Å². The first kappa shape index (κ1) is 18.5. The molecular formula is C24H22N4O2. The van der Waals surface area contributed by atoms with Crippen molar-refractivity contribution in [2.75, 3.05) is 6.54 Å². The molecule has 0 fully saturated rings. The van der Waals surface area contributed by atoms with Crippen molar-refractivity contribution in [3.63, 3.8) is 0 Å². The lowest BCUT2D eigenvalue weighted by Gasteiger charge is -2.23. The van der Waals surface area contributed by atoms with Crippen LogP contribution < -0.4 is 5.56 Å². The van der Waals surface area contributed by atoms with Crippen LogP contribution in [0.5, 0.6) is 0 Å². The standard InChI is InChI=1S/C24H22N4O2/c1-2-28(14-21-26-20-12-6-4-9-17(20)23(29)27-21)24(30)22-15-8-3-5-11-18(15)25-19-13-7-10-16(19)22/h3-6,8-9,11-12H,2,7,10,13-14H2,1H3,(H,26,27,29). The highest BCUT2D eigenvalue weighted by molar-refractivity contribution is 6.07. The second-order valence-corrected chi connectivity index (χ2v) is 7.63. The number of carbonyl (C=O) groups excluding carboxylic acids is 1. The van der Waals surface area contributed by atoms with Gasteiger partial charge in [-0.3, -0.25) is 14.6 Å². The molecule has 1 aliphatic rings. The van der Waals surface area contributed by atoms with Gasteiger partial charge in [-0.15, -0.1) is 0 Å². The van der Waals surface area contributed by atoms with Crippen LogP contribution in [0.3, 0.4) is 0 Å². The van der Waals surface area contributed by atoms with Crippen molar-refractivity contribution in [3.8, 4) is 0 Å². The zero-order valence-corrected chi connectivity index (χ0v) is 16.8. The van der Waals surface area contributed by atoms with E-state index in [-0.39, 0.29) is 18.0 Å². The van der Waals surface area contributed by atoms with E-state index in [0.717, 1.165) is 47.0 Å². The lowest BCUT2D eigenvalue weighted by atomic mass is 10.00. The van der Waals surface area contributed by atoms with E-state index in [2.05, 4.69) is 9.97 Å². The summed E-state index contributed by atoms with van der Waals surface area (Å²) in [5.74, 6) is 0.453. The summed E-state index contributed by atoms with van der Waals surface area (Å²) in [6, 6.07) is 15.1. The highest BCUT2D eigenvalue weighted by atomic mass is 16.2. The Hall–Kier alpha value is -3.54. The van der Waals surface area contributed by atoms with Crippen molar-refractivity contribution in [2.24, 2.45) is 0 Å². The molecule has 0 saturated heterocycles. The number of para-hydroxylation sites is 2. The van der Waals surface area contributed by atoms with Crippen molar-refractivity contribution in [1.82, 2.24) is 19.9 Å². The number of carbonyl (C=O) groups is 1. The zero-order chi connectivity index (χ0) is 20.7. The van der Waals surface area contributed by atoms with E-state index in [9.17, 15) is 9.59 Å². The van der Waals surface area contributed by atoms with E-state index in [0.29, 0.717) is 23.3 Å². The van der Waals surface area contributed by atoms with Gasteiger partial charge in [0.1, 0.15) is 5.82 Å². The van der Waals surface area contributed by atoms with Gasteiger partial charge in [0.15, 0.2) is 0 Å². The second kappa shape index (κ2) is 7.37. The molecule has 0 atom stereocenters. The fourth-order valence-electron chi connectivity index (χ4n) is 4.33. The van der Waals surface area contributed by atoms with Gasteiger partial charge in [-0.1, -0.05) is 30.3 Å². The molecule has 6 nitrogen and oxygen atoms in total. The second-order valence-electron chi connectivity index (χ2n) is 7.63. The lowest BCUT2D eigenvalue weighted by Crippen LogP contribution is -2.33. The number of pyridine rings is 1. The van der Waals surface area contributed by atoms with Crippen LogP contribution in [-0.2, 0) is 19.4 Å². The number of aromatic nitrogens is 3. The summed E-state index contributed by atoms with van der Waals surface area (Å²) in [7, 11) is 0. The van der Waals surface area contributed by atoms with Crippen LogP contribution in [0.4, 0.5) is 0 Å². The summed E-state index contributed by atoms with van der Waals surface area (Å²) in [4.78, 5) is 40.0. The Morgan fingerprint density at radius 3 is 2.47 bits per heavy atom. The summed E-state index contributed by atoms with van der Waals surface area (Å²) >= 11 is 0. The van der Waals surface area contributed by atoms with Crippen LogP contribution in [0.25, 0.3) is 21.8 Å². The molecule has 30 heavy (non-hydrogen) atoms. The zero-order valence-electron chi connectivity index (χ0n) is 16.8. The van der Waals surface area contributed by atoms with Gasteiger partial charge in [-0.05, 0) is 49.9 Å². The molecule has 0 aliphatic heterocycles. The Labute approximate surface area is 173 Å². The molecular weight excluding hydrogens is 376 g/mol. The number of aromatic amines is 1. The number of nitrogens with zero attached hydrogens (tertiary/aromatic N) is 3. The average molecular weight is 398 g/mol. The van der Waals surface area contributed by atoms with E-state index in [1.54, 1.807) is 11.0 Å². The fraction of sp³-hybridized carbons (Fsp3) is 0.250. The third-order valence-corrected chi connectivity index (χ3v) is 5.80. The maximum Gasteiger partial charge on any atom is 0.258 e. The third kappa shape index (κ3) is 3.05. The van der Waals surface area contributed by atoms with Gasteiger partial charge in [-0.2, -0.15) is 0 Å². The van der Waals surface area contributed by atoms with Crippen molar-refractivity contribution in [3.05, 3.63) is 81.5 Å². The van der Waals surface area contributed by atoms with Gasteiger partial charge in [0, 0.05) is 17.6 Å². The van der Waals surface area contributed by atoms with Crippen LogP contribution >= 0.6 is 0 Å². The molecule has 5 rings (SSSR count). The van der Waals surface area contributed by atoms with Gasteiger partial charge in [0.25, 0.3) is 11.5 Å². The molecule has 4 aromatic rings. The van der Waals surface area contributed by atoms with E-state index in [1.165, 1.54) is 0 Å². The average Bonchev–Trinajstić information content (AvgIpc) is 3.23. The largest absolute Gasteiger partial charge is 0.331 e. The Balaban J connectivity index is 1.57. The molecule has 0 unspecified atom stereocenters. The first-order chi connectivity index (χ1) is 14.7. The van der Waals surface area contributed by atoms with Crippen molar-refractivity contribution in [1.29, 1.82) is 0 Å². The van der Waals surface area contributed by atoms with Crippen LogP contribution in [0.15, 0.2) is 53.3 Å². The number of hydrogen-bond donors (Lipinski definition) is 1. The van der Waals surface area contributed by atoms with Gasteiger partial charge in [0.2, 0.25) is 0 Å². The number of H-pyrrole nitrogens is 1. The molecule has 1 N–H and O–H groups in total. The van der Waals surface area contributed by atoms with E-state index in [4.69, 9.17) is 4.98 Å². The number of aryl methyl sites for hydroxylation is 1. The summed E-state index contributed by atoms with van der Waals surface area (Å²) < 4.78 is 0. The molecule has 0 bridgehead atoms. The molecule has 6 heteroatoms. The first-order valence-corrected chi connectivity index (χ1v) is 10.3. The van der Waals surface area contributed by atoms with Crippen LogP contribution in [0, 0.1) is 0 Å². The normalized spacial score (nSPS) is 13.0. The highest BCUT2D eigenvalue weighted by Crippen LogP contribution is 2.31. The Kier molecular flexibility index (Phi) is 4.54. The monoisotopic (exact) mass is 398 g/mol. The molecule has 0 spiro atoms. The lowest BCUT2D eigenvalue weighted by molar-refractivity contribution is 0.0749. The molecule has 150 valence electrons. The SMILES string of the molecule is CCN(Cc1nc2ccccc2c(=O)[nH]1)C(=O)c1c2c(nc3ccccc13)CCC2. The summed E-state index contributed by atoms with van der Waals surface area (Å²) in [6.07, 6.45) is 2.80. The van der Waals surface area contributed by atoms with Crippen molar-refractivity contribution >= 4 is 27.7 Å². The number of rotatable bonds is 4. The summed E-state index contributed by atoms with van der Waals surface area (Å²) in [5, 5.41) is 1.44. The van der Waals surface area contributed by atoms with Crippen molar-refractivity contribution < 1.29 is 4.79 Å². The van der Waals surface area contributed by atoms with E-state index < -0.39 is 0 Å². The molecule has 0 saturated carbocycles. The molecule has 0 radical (unpaired) electrons. The van der Waals surface area contributed by atoms with Crippen LogP contribution in [0.1, 0.15) is 40.8 Å². The van der Waals surface area contributed by atoms with E-state index in [1.807, 2.05) is 49.4 Å². The fourth-order valence-corrected chi connectivity index (χ4v) is 4.33. The highest BCUT2D eigenvalue weighted by Gasteiger charge is 2.26. The Morgan fingerprint density at radius 2 is 1.70 bits per heavy atom. The Morgan fingerprint density at radius 1 is 1.00 bits per heavy atom. The summed E-state index contributed by atoms with van der Waals surface area (Å²) in [6.45, 7) is 2.71. The van der Waals surface area contributed by atoms with Gasteiger partial charge < -0.3 is 9.88 Å². The number of hydrogen-bond acceptors (Lipinski definition) is 4. The number of benzene rings is 2. The number of amides is 1. The number of fused-ring (bicyclic) bond motifs is 3.